The molecule has 1 aromatic carbocycles. The average Bonchev–Trinajstić information content (AvgIpc) is 2.32. The zero-order chi connectivity index (χ0) is 15.6. The Bertz CT molecular complexity index is 457. The summed E-state index contributed by atoms with van der Waals surface area (Å²) in [5, 5.41) is 0. The lowest BCUT2D eigenvalue weighted by molar-refractivity contribution is 0.0265. The first-order valence-electron chi connectivity index (χ1n) is 8.02. The molecular weight excluding hydrogens is 258 g/mol. The lowest BCUT2D eigenvalue weighted by atomic mass is 9.75. The van der Waals surface area contributed by atoms with Gasteiger partial charge in [0.2, 0.25) is 0 Å². The summed E-state index contributed by atoms with van der Waals surface area (Å²) in [5.74, 6) is 0. The van der Waals surface area contributed by atoms with Crippen molar-refractivity contribution in [2.45, 2.75) is 44.7 Å². The number of nitrogens with zero attached hydrogens (tertiary/aromatic N) is 2. The molecule has 0 aromatic heterocycles. The molecule has 0 aliphatic heterocycles. The van der Waals surface area contributed by atoms with Gasteiger partial charge >= 0.3 is 0 Å². The zero-order valence-corrected chi connectivity index (χ0v) is 14.3. The van der Waals surface area contributed by atoms with E-state index in [4.69, 9.17) is 5.73 Å². The molecule has 0 saturated heterocycles. The minimum absolute atomic E-state index is 0.0906. The van der Waals surface area contributed by atoms with Crippen molar-refractivity contribution in [1.29, 1.82) is 0 Å². The van der Waals surface area contributed by atoms with E-state index in [1.165, 1.54) is 36.0 Å². The van der Waals surface area contributed by atoms with Gasteiger partial charge in [0.15, 0.2) is 0 Å². The molecule has 0 heterocycles. The van der Waals surface area contributed by atoms with Crippen LogP contribution >= 0.6 is 0 Å². The molecule has 118 valence electrons. The number of nitrogens with two attached hydrogens (primary N) is 1. The molecular formula is C18H31N3. The van der Waals surface area contributed by atoms with Gasteiger partial charge in [-0.3, -0.25) is 0 Å². The zero-order valence-electron chi connectivity index (χ0n) is 14.3. The molecule has 0 bridgehead atoms. The predicted octanol–water partition coefficient (Wildman–Crippen LogP) is 2.72. The Labute approximate surface area is 130 Å². The van der Waals surface area contributed by atoms with Crippen LogP contribution in [0.3, 0.4) is 0 Å². The molecule has 1 saturated carbocycles. The van der Waals surface area contributed by atoms with E-state index in [0.717, 1.165) is 13.1 Å². The summed E-state index contributed by atoms with van der Waals surface area (Å²) < 4.78 is 0. The van der Waals surface area contributed by atoms with Crippen LogP contribution < -0.4 is 5.73 Å². The van der Waals surface area contributed by atoms with Crippen molar-refractivity contribution in [3.8, 4) is 0 Å². The van der Waals surface area contributed by atoms with Crippen LogP contribution in [-0.2, 0) is 0 Å². The first kappa shape index (κ1) is 16.5. The largest absolute Gasteiger partial charge is 0.323 e. The standard InChI is InChI=1S/C18H31N3/c1-14-9-15(2)11-16(10-14)17(19)12-21(5)13-18(20(3)4)7-6-8-18/h9-11,17H,6-8,12-13,19H2,1-5H3. The molecule has 1 fully saturated rings. The second kappa shape index (κ2) is 6.47. The fraction of sp³-hybridized carbons (Fsp3) is 0.667. The quantitative estimate of drug-likeness (QED) is 0.874. The van der Waals surface area contributed by atoms with E-state index < -0.39 is 0 Å². The molecule has 1 unspecified atom stereocenters. The van der Waals surface area contributed by atoms with Crippen LogP contribution in [-0.4, -0.2) is 49.6 Å². The van der Waals surface area contributed by atoms with E-state index in [2.05, 4.69) is 63.0 Å². The smallest absolute Gasteiger partial charge is 0.0424 e. The third-order valence-electron chi connectivity index (χ3n) is 4.98. The number of hydrogen-bond donors (Lipinski definition) is 1. The minimum Gasteiger partial charge on any atom is -0.323 e. The van der Waals surface area contributed by atoms with Gasteiger partial charge in [-0.15, -0.1) is 0 Å². The van der Waals surface area contributed by atoms with Crippen LogP contribution in [0.15, 0.2) is 18.2 Å². The highest BCUT2D eigenvalue weighted by atomic mass is 15.2. The molecule has 0 radical (unpaired) electrons. The summed E-state index contributed by atoms with van der Waals surface area (Å²) in [6.07, 6.45) is 3.97. The van der Waals surface area contributed by atoms with Gasteiger partial charge in [0.1, 0.15) is 0 Å². The molecule has 21 heavy (non-hydrogen) atoms. The number of benzene rings is 1. The van der Waals surface area contributed by atoms with Crippen molar-refractivity contribution in [3.05, 3.63) is 34.9 Å². The number of likely N-dealkylation sites (N-methyl/N-ethyl adjacent to an activating group) is 2. The van der Waals surface area contributed by atoms with Crippen LogP contribution in [0.4, 0.5) is 0 Å². The number of aryl methyl sites for hydroxylation is 2. The summed E-state index contributed by atoms with van der Waals surface area (Å²) in [5.41, 5.74) is 10.7. The van der Waals surface area contributed by atoms with Crippen molar-refractivity contribution in [1.82, 2.24) is 9.80 Å². The van der Waals surface area contributed by atoms with E-state index in [9.17, 15) is 0 Å². The van der Waals surface area contributed by atoms with Gasteiger partial charge in [-0.1, -0.05) is 29.3 Å². The number of rotatable bonds is 6. The maximum absolute atomic E-state index is 6.43. The summed E-state index contributed by atoms with van der Waals surface area (Å²) in [6.45, 7) is 6.31. The van der Waals surface area contributed by atoms with Crippen LogP contribution in [0.1, 0.15) is 42.0 Å². The molecule has 2 N–H and O–H groups in total. The van der Waals surface area contributed by atoms with E-state index in [1.807, 2.05) is 0 Å². The lowest BCUT2D eigenvalue weighted by Gasteiger charge is -2.49. The van der Waals surface area contributed by atoms with E-state index in [1.54, 1.807) is 0 Å². The average molecular weight is 289 g/mol. The van der Waals surface area contributed by atoms with Crippen molar-refractivity contribution in [2.75, 3.05) is 34.2 Å². The summed E-state index contributed by atoms with van der Waals surface area (Å²) >= 11 is 0. The third kappa shape index (κ3) is 3.85. The number of hydrogen-bond acceptors (Lipinski definition) is 3. The van der Waals surface area contributed by atoms with Crippen LogP contribution in [0.25, 0.3) is 0 Å². The van der Waals surface area contributed by atoms with Gasteiger partial charge in [0.25, 0.3) is 0 Å². The second-order valence-electron chi connectivity index (χ2n) is 7.20. The minimum atomic E-state index is 0.0906. The fourth-order valence-electron chi connectivity index (χ4n) is 3.56. The van der Waals surface area contributed by atoms with Gasteiger partial charge in [-0.05, 0) is 59.8 Å². The molecule has 1 aliphatic carbocycles. The first-order chi connectivity index (χ1) is 9.82. The Morgan fingerprint density at radius 1 is 1.10 bits per heavy atom. The van der Waals surface area contributed by atoms with Gasteiger partial charge in [0, 0.05) is 24.7 Å². The Balaban J connectivity index is 1.97. The Hall–Kier alpha value is -0.900. The van der Waals surface area contributed by atoms with E-state index >= 15 is 0 Å². The van der Waals surface area contributed by atoms with Gasteiger partial charge in [0.05, 0.1) is 0 Å². The van der Waals surface area contributed by atoms with E-state index in [-0.39, 0.29) is 6.04 Å². The maximum atomic E-state index is 6.43. The van der Waals surface area contributed by atoms with Crippen molar-refractivity contribution < 1.29 is 0 Å². The predicted molar refractivity (Wildman–Crippen MR) is 90.6 cm³/mol. The third-order valence-corrected chi connectivity index (χ3v) is 4.98. The monoisotopic (exact) mass is 289 g/mol. The molecule has 3 nitrogen and oxygen atoms in total. The Morgan fingerprint density at radius 3 is 2.10 bits per heavy atom. The SMILES string of the molecule is Cc1cc(C)cc(C(N)CN(C)CC2(N(C)C)CCC2)c1. The second-order valence-corrected chi connectivity index (χ2v) is 7.20. The summed E-state index contributed by atoms with van der Waals surface area (Å²) in [6, 6.07) is 6.73. The topological polar surface area (TPSA) is 32.5 Å². The highest BCUT2D eigenvalue weighted by molar-refractivity contribution is 5.30. The Morgan fingerprint density at radius 2 is 1.67 bits per heavy atom. The molecule has 3 heteroatoms. The van der Waals surface area contributed by atoms with Crippen LogP contribution in [0.5, 0.6) is 0 Å². The fourth-order valence-corrected chi connectivity index (χ4v) is 3.56. The maximum Gasteiger partial charge on any atom is 0.0424 e. The van der Waals surface area contributed by atoms with Crippen LogP contribution in [0.2, 0.25) is 0 Å². The highest BCUT2D eigenvalue weighted by Crippen LogP contribution is 2.36. The molecule has 1 aromatic rings. The molecule has 0 amide bonds. The van der Waals surface area contributed by atoms with Gasteiger partial charge in [-0.25, -0.2) is 0 Å². The highest BCUT2D eigenvalue weighted by Gasteiger charge is 2.39. The lowest BCUT2D eigenvalue weighted by Crippen LogP contribution is -2.57. The van der Waals surface area contributed by atoms with Gasteiger partial charge in [-0.2, -0.15) is 0 Å². The first-order valence-corrected chi connectivity index (χ1v) is 8.02. The molecule has 2 rings (SSSR count). The normalized spacial score (nSPS) is 18.9. The molecule has 0 spiro atoms. The molecule has 1 atom stereocenters. The Kier molecular flexibility index (Phi) is 5.07. The summed E-state index contributed by atoms with van der Waals surface area (Å²) in [4.78, 5) is 4.80. The van der Waals surface area contributed by atoms with Gasteiger partial charge < -0.3 is 15.5 Å². The van der Waals surface area contributed by atoms with Crippen molar-refractivity contribution in [2.24, 2.45) is 5.73 Å². The van der Waals surface area contributed by atoms with Crippen LogP contribution in [0, 0.1) is 13.8 Å². The van der Waals surface area contributed by atoms with E-state index in [0.29, 0.717) is 5.54 Å². The molecule has 1 aliphatic rings. The van der Waals surface area contributed by atoms with Crippen molar-refractivity contribution in [3.63, 3.8) is 0 Å². The summed E-state index contributed by atoms with van der Waals surface area (Å²) in [7, 11) is 6.61. The van der Waals surface area contributed by atoms with Crippen molar-refractivity contribution >= 4 is 0 Å².